The molecule has 29 heavy (non-hydrogen) atoms. The van der Waals surface area contributed by atoms with Gasteiger partial charge in [0.05, 0.1) is 29.9 Å². The van der Waals surface area contributed by atoms with Crippen LogP contribution in [-0.4, -0.2) is 29.1 Å². The molecule has 0 atom stereocenters. The number of carbonyl (C=O) groups is 2. The normalized spacial score (nSPS) is 19.1. The SMILES string of the molecule is COc1cc2nn(C3CCC(C=O)CC3)cc2cc1NC(=O)c1ccccc1F. The van der Waals surface area contributed by atoms with Crippen LogP contribution in [0.2, 0.25) is 0 Å². The van der Waals surface area contributed by atoms with Crippen molar-refractivity contribution in [1.29, 1.82) is 0 Å². The molecule has 1 aromatic heterocycles. The minimum Gasteiger partial charge on any atom is -0.494 e. The number of hydrogen-bond donors (Lipinski definition) is 1. The van der Waals surface area contributed by atoms with Gasteiger partial charge in [0.15, 0.2) is 0 Å². The van der Waals surface area contributed by atoms with Crippen LogP contribution in [0.1, 0.15) is 42.1 Å². The van der Waals surface area contributed by atoms with Crippen LogP contribution >= 0.6 is 0 Å². The molecule has 1 aliphatic rings. The summed E-state index contributed by atoms with van der Waals surface area (Å²) in [6.07, 6.45) is 6.55. The number of amides is 1. The molecule has 150 valence electrons. The summed E-state index contributed by atoms with van der Waals surface area (Å²) in [6.45, 7) is 0. The Morgan fingerprint density at radius 1 is 1.24 bits per heavy atom. The highest BCUT2D eigenvalue weighted by Crippen LogP contribution is 2.34. The van der Waals surface area contributed by atoms with Gasteiger partial charge < -0.3 is 14.8 Å². The second kappa shape index (κ2) is 8.03. The van der Waals surface area contributed by atoms with E-state index in [4.69, 9.17) is 4.74 Å². The van der Waals surface area contributed by atoms with E-state index in [0.29, 0.717) is 11.4 Å². The molecule has 3 aromatic rings. The first-order valence-corrected chi connectivity index (χ1v) is 9.67. The third-order valence-corrected chi connectivity index (χ3v) is 5.52. The summed E-state index contributed by atoms with van der Waals surface area (Å²) in [4.78, 5) is 23.5. The van der Waals surface area contributed by atoms with Gasteiger partial charge in [0, 0.05) is 23.6 Å². The fourth-order valence-electron chi connectivity index (χ4n) is 3.86. The predicted molar refractivity (Wildman–Crippen MR) is 108 cm³/mol. The molecule has 1 aliphatic carbocycles. The molecule has 0 aliphatic heterocycles. The molecule has 1 amide bonds. The maximum Gasteiger partial charge on any atom is 0.258 e. The van der Waals surface area contributed by atoms with E-state index in [2.05, 4.69) is 10.4 Å². The van der Waals surface area contributed by atoms with E-state index in [1.807, 2.05) is 10.9 Å². The molecule has 0 spiro atoms. The lowest BCUT2D eigenvalue weighted by Crippen LogP contribution is -2.19. The van der Waals surface area contributed by atoms with E-state index in [9.17, 15) is 14.0 Å². The van der Waals surface area contributed by atoms with Crippen molar-refractivity contribution in [3.63, 3.8) is 0 Å². The minimum atomic E-state index is -0.580. The van der Waals surface area contributed by atoms with E-state index < -0.39 is 11.7 Å². The lowest BCUT2D eigenvalue weighted by Gasteiger charge is -2.25. The Morgan fingerprint density at radius 3 is 2.69 bits per heavy atom. The third kappa shape index (κ3) is 3.85. The molecule has 4 rings (SSSR count). The molecule has 0 saturated heterocycles. The van der Waals surface area contributed by atoms with Crippen LogP contribution in [-0.2, 0) is 4.79 Å². The first-order chi connectivity index (χ1) is 14.1. The Morgan fingerprint density at radius 2 is 2.00 bits per heavy atom. The zero-order valence-corrected chi connectivity index (χ0v) is 16.1. The highest BCUT2D eigenvalue weighted by molar-refractivity contribution is 6.06. The van der Waals surface area contributed by atoms with Crippen LogP contribution < -0.4 is 10.1 Å². The number of ether oxygens (including phenoxy) is 1. The largest absolute Gasteiger partial charge is 0.494 e. The molecule has 0 radical (unpaired) electrons. The van der Waals surface area contributed by atoms with Gasteiger partial charge in [-0.3, -0.25) is 9.48 Å². The van der Waals surface area contributed by atoms with Gasteiger partial charge >= 0.3 is 0 Å². The number of hydrogen-bond acceptors (Lipinski definition) is 4. The molecule has 0 bridgehead atoms. The number of aromatic nitrogens is 2. The molecular weight excluding hydrogens is 373 g/mol. The second-order valence-electron chi connectivity index (χ2n) is 7.36. The summed E-state index contributed by atoms with van der Waals surface area (Å²) >= 11 is 0. The number of rotatable bonds is 5. The summed E-state index contributed by atoms with van der Waals surface area (Å²) in [5, 5.41) is 8.25. The number of methoxy groups -OCH3 is 1. The average Bonchev–Trinajstić information content (AvgIpc) is 3.16. The number of nitrogens with one attached hydrogen (secondary N) is 1. The topological polar surface area (TPSA) is 73.2 Å². The summed E-state index contributed by atoms with van der Waals surface area (Å²) in [7, 11) is 1.51. The van der Waals surface area contributed by atoms with Crippen LogP contribution in [0, 0.1) is 11.7 Å². The summed E-state index contributed by atoms with van der Waals surface area (Å²) in [5.41, 5.74) is 1.18. The standard InChI is InChI=1S/C22H22FN3O3/c1-29-21-11-19-15(12-26(25-19)16-8-6-14(13-27)7-9-16)10-20(21)24-22(28)17-4-2-3-5-18(17)23/h2-5,10-14,16H,6-9H2,1H3,(H,24,28). The van der Waals surface area contributed by atoms with Crippen molar-refractivity contribution in [3.05, 3.63) is 54.0 Å². The summed E-state index contributed by atoms with van der Waals surface area (Å²) < 4.78 is 21.3. The summed E-state index contributed by atoms with van der Waals surface area (Å²) in [5.74, 6) is -0.516. The first-order valence-electron chi connectivity index (χ1n) is 9.67. The van der Waals surface area contributed by atoms with Gasteiger partial charge in [0.2, 0.25) is 0 Å². The van der Waals surface area contributed by atoms with Gasteiger partial charge in [0.1, 0.15) is 17.9 Å². The fraction of sp³-hybridized carbons (Fsp3) is 0.318. The van der Waals surface area contributed by atoms with Crippen LogP contribution in [0.15, 0.2) is 42.6 Å². The average molecular weight is 395 g/mol. The molecule has 1 fully saturated rings. The zero-order valence-electron chi connectivity index (χ0n) is 16.1. The number of carbonyl (C=O) groups excluding carboxylic acids is 2. The number of fused-ring (bicyclic) bond motifs is 1. The van der Waals surface area contributed by atoms with E-state index in [1.165, 1.54) is 25.3 Å². The van der Waals surface area contributed by atoms with Crippen molar-refractivity contribution in [1.82, 2.24) is 9.78 Å². The van der Waals surface area contributed by atoms with Gasteiger partial charge in [-0.25, -0.2) is 4.39 Å². The minimum absolute atomic E-state index is 0.0303. The van der Waals surface area contributed by atoms with Crippen LogP contribution in [0.4, 0.5) is 10.1 Å². The van der Waals surface area contributed by atoms with E-state index in [-0.39, 0.29) is 17.5 Å². The van der Waals surface area contributed by atoms with Gasteiger partial charge in [-0.05, 0) is 43.9 Å². The maximum absolute atomic E-state index is 13.9. The monoisotopic (exact) mass is 395 g/mol. The Balaban J connectivity index is 1.61. The van der Waals surface area contributed by atoms with Crippen LogP contribution in [0.5, 0.6) is 5.75 Å². The van der Waals surface area contributed by atoms with E-state index in [0.717, 1.165) is 42.9 Å². The quantitative estimate of drug-likeness (QED) is 0.651. The van der Waals surface area contributed by atoms with Crippen molar-refractivity contribution in [2.75, 3.05) is 12.4 Å². The lowest BCUT2D eigenvalue weighted by atomic mass is 9.87. The van der Waals surface area contributed by atoms with Gasteiger partial charge in [0.25, 0.3) is 5.91 Å². The van der Waals surface area contributed by atoms with Crippen molar-refractivity contribution in [3.8, 4) is 5.75 Å². The van der Waals surface area contributed by atoms with Crippen molar-refractivity contribution in [2.24, 2.45) is 5.92 Å². The Bertz CT molecular complexity index is 1050. The number of nitrogens with zero attached hydrogens (tertiary/aromatic N) is 2. The molecule has 1 heterocycles. The van der Waals surface area contributed by atoms with Gasteiger partial charge in [-0.1, -0.05) is 12.1 Å². The highest BCUT2D eigenvalue weighted by Gasteiger charge is 2.23. The maximum atomic E-state index is 13.9. The molecule has 6 nitrogen and oxygen atoms in total. The lowest BCUT2D eigenvalue weighted by molar-refractivity contribution is -0.112. The Labute approximate surface area is 167 Å². The molecule has 1 N–H and O–H groups in total. The van der Waals surface area contributed by atoms with E-state index >= 15 is 0 Å². The number of aldehydes is 1. The molecule has 2 aromatic carbocycles. The second-order valence-corrected chi connectivity index (χ2v) is 7.36. The zero-order chi connectivity index (χ0) is 20.4. The van der Waals surface area contributed by atoms with Crippen LogP contribution in [0.3, 0.4) is 0 Å². The van der Waals surface area contributed by atoms with Crippen LogP contribution in [0.25, 0.3) is 10.9 Å². The first kappa shape index (κ1) is 19.1. The smallest absolute Gasteiger partial charge is 0.258 e. The Hall–Kier alpha value is -3.22. The highest BCUT2D eigenvalue weighted by atomic mass is 19.1. The number of anilines is 1. The van der Waals surface area contributed by atoms with Gasteiger partial charge in [-0.2, -0.15) is 5.10 Å². The van der Waals surface area contributed by atoms with Crippen molar-refractivity contribution >= 4 is 28.8 Å². The number of benzene rings is 2. The molecule has 7 heteroatoms. The number of halogens is 1. The molecular formula is C22H22FN3O3. The third-order valence-electron chi connectivity index (χ3n) is 5.52. The van der Waals surface area contributed by atoms with E-state index in [1.54, 1.807) is 18.2 Å². The van der Waals surface area contributed by atoms with Gasteiger partial charge in [-0.15, -0.1) is 0 Å². The summed E-state index contributed by atoms with van der Waals surface area (Å²) in [6, 6.07) is 9.63. The molecule has 0 unspecified atom stereocenters. The fourth-order valence-corrected chi connectivity index (χ4v) is 3.86. The predicted octanol–water partition coefficient (Wildman–Crippen LogP) is 4.37. The van der Waals surface area contributed by atoms with Crippen molar-refractivity contribution < 1.29 is 18.7 Å². The Kier molecular flexibility index (Phi) is 5.29. The van der Waals surface area contributed by atoms with Crippen molar-refractivity contribution in [2.45, 2.75) is 31.7 Å². The molecule has 1 saturated carbocycles.